The van der Waals surface area contributed by atoms with Gasteiger partial charge in [-0.1, -0.05) is 29.8 Å². The van der Waals surface area contributed by atoms with Crippen LogP contribution in [0.2, 0.25) is 5.02 Å². The largest absolute Gasteiger partial charge is 0.489 e. The van der Waals surface area contributed by atoms with Gasteiger partial charge in [0.05, 0.1) is 23.2 Å². The van der Waals surface area contributed by atoms with E-state index in [1.165, 1.54) is 6.07 Å². The lowest BCUT2D eigenvalue weighted by atomic mass is 10.2. The van der Waals surface area contributed by atoms with Gasteiger partial charge in [0.15, 0.2) is 11.6 Å². The van der Waals surface area contributed by atoms with E-state index in [4.69, 9.17) is 31.7 Å². The molecule has 0 unspecified atom stereocenters. The third kappa shape index (κ3) is 5.24. The number of piperazine rings is 1. The first kappa shape index (κ1) is 23.0. The number of hydrogen-bond donors (Lipinski definition) is 2. The molecule has 1 saturated heterocycles. The number of halogens is 2. The molecule has 2 aromatic carbocycles. The second kappa shape index (κ2) is 10.2. The van der Waals surface area contributed by atoms with Gasteiger partial charge in [-0.3, -0.25) is 4.79 Å². The van der Waals surface area contributed by atoms with Crippen molar-refractivity contribution < 1.29 is 23.6 Å². The molecule has 0 saturated carbocycles. The van der Waals surface area contributed by atoms with Crippen LogP contribution in [-0.4, -0.2) is 71.5 Å². The molecule has 1 amide bonds. The Kier molecular flexibility index (Phi) is 7.07. The van der Waals surface area contributed by atoms with Gasteiger partial charge in [0.1, 0.15) is 6.61 Å². The van der Waals surface area contributed by atoms with Crippen LogP contribution in [0.3, 0.4) is 0 Å². The summed E-state index contributed by atoms with van der Waals surface area (Å²) in [4.78, 5) is 20.6. The molecule has 11 heteroatoms. The van der Waals surface area contributed by atoms with E-state index in [0.717, 1.165) is 6.07 Å². The van der Waals surface area contributed by atoms with Gasteiger partial charge in [-0.05, 0) is 23.4 Å². The summed E-state index contributed by atoms with van der Waals surface area (Å²) in [5.74, 6) is -0.384. The number of nitrogens with two attached hydrogens (primary N) is 1. The predicted molar refractivity (Wildman–Crippen MR) is 120 cm³/mol. The van der Waals surface area contributed by atoms with Crippen molar-refractivity contribution in [2.75, 3.05) is 44.3 Å². The fourth-order valence-electron chi connectivity index (χ4n) is 3.38. The molecule has 1 fully saturated rings. The predicted octanol–water partition coefficient (Wildman–Crippen LogP) is 2.19. The number of amides is 1. The Morgan fingerprint density at radius 1 is 1.24 bits per heavy atom. The molecule has 1 aliphatic heterocycles. The van der Waals surface area contributed by atoms with Crippen molar-refractivity contribution in [3.8, 4) is 17.2 Å². The molecule has 4 rings (SSSR count). The molecule has 1 aromatic heterocycles. The number of hydrogen-bond acceptors (Lipinski definition) is 8. The number of carbonyl (C=O) groups is 1. The van der Waals surface area contributed by atoms with Crippen molar-refractivity contribution in [2.45, 2.75) is 6.04 Å². The van der Waals surface area contributed by atoms with Crippen LogP contribution in [0.15, 0.2) is 47.0 Å². The molecule has 0 radical (unpaired) electrons. The van der Waals surface area contributed by atoms with E-state index >= 15 is 0 Å². The highest BCUT2D eigenvalue weighted by atomic mass is 35.5. The highest BCUT2D eigenvalue weighted by Gasteiger charge is 2.25. The van der Waals surface area contributed by atoms with Crippen molar-refractivity contribution in [3.63, 3.8) is 0 Å². The number of aromatic nitrogens is 2. The molecule has 2 heterocycles. The van der Waals surface area contributed by atoms with Gasteiger partial charge < -0.3 is 29.9 Å². The fraction of sp³-hybridized carbons (Fsp3) is 0.318. The number of ether oxygens (including phenoxy) is 1. The summed E-state index contributed by atoms with van der Waals surface area (Å²) >= 11 is 6.28. The number of aliphatic hydroxyl groups excluding tert-OH is 1. The van der Waals surface area contributed by atoms with E-state index in [1.807, 2.05) is 23.1 Å². The molecule has 3 N–H and O–H groups in total. The Hall–Kier alpha value is -3.21. The summed E-state index contributed by atoms with van der Waals surface area (Å²) in [6, 6.07) is 10.9. The van der Waals surface area contributed by atoms with Gasteiger partial charge in [-0.25, -0.2) is 4.39 Å². The van der Waals surface area contributed by atoms with Crippen LogP contribution in [0.5, 0.6) is 5.75 Å². The summed E-state index contributed by atoms with van der Waals surface area (Å²) in [6.07, 6.45) is 0. The molecule has 0 aliphatic carbocycles. The topological polar surface area (TPSA) is 118 Å². The standard InChI is InChI=1S/C22H23ClFN5O4/c23-17-11-19(32-13-15(25)12-30)18(24)10-16(17)20-26-22(27-33-20)29-8-6-28(7-9-29)21(31)14-4-2-1-3-5-14/h1-5,10-11,15,30H,6-9,12-13,25H2/t15-/m0/s1. The summed E-state index contributed by atoms with van der Waals surface area (Å²) < 4.78 is 25.0. The second-order valence-electron chi connectivity index (χ2n) is 7.56. The lowest BCUT2D eigenvalue weighted by molar-refractivity contribution is 0.0746. The molecule has 3 aromatic rings. The van der Waals surface area contributed by atoms with Crippen LogP contribution in [0.25, 0.3) is 11.5 Å². The fourth-order valence-corrected chi connectivity index (χ4v) is 3.61. The second-order valence-corrected chi connectivity index (χ2v) is 7.97. The van der Waals surface area contributed by atoms with E-state index in [-0.39, 0.29) is 41.3 Å². The van der Waals surface area contributed by atoms with Crippen molar-refractivity contribution in [1.29, 1.82) is 0 Å². The number of benzene rings is 2. The van der Waals surface area contributed by atoms with Crippen molar-refractivity contribution >= 4 is 23.5 Å². The summed E-state index contributed by atoms with van der Waals surface area (Å²) in [7, 11) is 0. The van der Waals surface area contributed by atoms with Crippen molar-refractivity contribution in [2.24, 2.45) is 5.73 Å². The summed E-state index contributed by atoms with van der Waals surface area (Å²) in [5.41, 5.74) is 6.44. The lowest BCUT2D eigenvalue weighted by Crippen LogP contribution is -2.49. The zero-order valence-corrected chi connectivity index (χ0v) is 18.4. The minimum Gasteiger partial charge on any atom is -0.489 e. The summed E-state index contributed by atoms with van der Waals surface area (Å²) in [6.45, 7) is 1.72. The van der Waals surface area contributed by atoms with E-state index in [1.54, 1.807) is 17.0 Å². The van der Waals surface area contributed by atoms with Gasteiger partial charge in [-0.15, -0.1) is 0 Å². The van der Waals surface area contributed by atoms with Gasteiger partial charge in [0.25, 0.3) is 17.7 Å². The normalized spacial score (nSPS) is 14.9. The number of aliphatic hydroxyl groups is 1. The molecule has 33 heavy (non-hydrogen) atoms. The van der Waals surface area contributed by atoms with E-state index in [9.17, 15) is 9.18 Å². The van der Waals surface area contributed by atoms with E-state index < -0.39 is 11.9 Å². The van der Waals surface area contributed by atoms with E-state index in [2.05, 4.69) is 10.1 Å². The molecule has 0 bridgehead atoms. The van der Waals surface area contributed by atoms with Crippen LogP contribution in [-0.2, 0) is 0 Å². The smallest absolute Gasteiger partial charge is 0.266 e. The molecule has 174 valence electrons. The maximum atomic E-state index is 14.5. The first-order valence-corrected chi connectivity index (χ1v) is 10.8. The quantitative estimate of drug-likeness (QED) is 0.534. The van der Waals surface area contributed by atoms with Crippen molar-refractivity contribution in [1.82, 2.24) is 15.0 Å². The lowest BCUT2D eigenvalue weighted by Gasteiger charge is -2.33. The average Bonchev–Trinajstić information content (AvgIpc) is 3.34. The van der Waals surface area contributed by atoms with E-state index in [0.29, 0.717) is 37.7 Å². The molecule has 0 spiro atoms. The Labute approximate surface area is 194 Å². The molecular weight excluding hydrogens is 453 g/mol. The SMILES string of the molecule is N[C@@H](CO)COc1cc(Cl)c(-c2nc(N3CCN(C(=O)c4ccccc4)CC3)no2)cc1F. The van der Waals surface area contributed by atoms with Gasteiger partial charge in [0, 0.05) is 37.8 Å². The first-order chi connectivity index (χ1) is 16.0. The van der Waals surface area contributed by atoms with Crippen LogP contribution in [0.4, 0.5) is 10.3 Å². The minimum absolute atomic E-state index is 0.0199. The molecule has 9 nitrogen and oxygen atoms in total. The highest BCUT2D eigenvalue weighted by Crippen LogP contribution is 2.33. The Bertz CT molecular complexity index is 1110. The van der Waals surface area contributed by atoms with Gasteiger partial charge in [0.2, 0.25) is 0 Å². The van der Waals surface area contributed by atoms with Crippen LogP contribution in [0, 0.1) is 5.82 Å². The molecular formula is C22H23ClFN5O4. The third-order valence-electron chi connectivity index (χ3n) is 5.23. The highest BCUT2D eigenvalue weighted by molar-refractivity contribution is 6.33. The Balaban J connectivity index is 1.41. The van der Waals surface area contributed by atoms with Crippen LogP contribution < -0.4 is 15.4 Å². The van der Waals surface area contributed by atoms with Crippen LogP contribution in [0.1, 0.15) is 10.4 Å². The Morgan fingerprint density at radius 3 is 2.67 bits per heavy atom. The maximum absolute atomic E-state index is 14.5. The zero-order valence-electron chi connectivity index (χ0n) is 17.7. The summed E-state index contributed by atoms with van der Waals surface area (Å²) in [5, 5.41) is 13.1. The number of anilines is 1. The number of carbonyl (C=O) groups excluding carboxylic acids is 1. The monoisotopic (exact) mass is 475 g/mol. The first-order valence-electron chi connectivity index (χ1n) is 10.4. The minimum atomic E-state index is -0.674. The average molecular weight is 476 g/mol. The van der Waals surface area contributed by atoms with Crippen LogP contribution >= 0.6 is 11.6 Å². The third-order valence-corrected chi connectivity index (χ3v) is 5.54. The Morgan fingerprint density at radius 2 is 1.97 bits per heavy atom. The molecule has 1 aliphatic rings. The van der Waals surface area contributed by atoms with Gasteiger partial charge >= 0.3 is 0 Å². The van der Waals surface area contributed by atoms with Crippen molar-refractivity contribution in [3.05, 3.63) is 58.9 Å². The number of nitrogens with zero attached hydrogens (tertiary/aromatic N) is 4. The number of rotatable bonds is 7. The van der Waals surface area contributed by atoms with Gasteiger partial charge in [-0.2, -0.15) is 4.98 Å². The zero-order chi connectivity index (χ0) is 23.4. The molecule has 1 atom stereocenters. The maximum Gasteiger partial charge on any atom is 0.266 e.